The molecule has 1 aromatic carbocycles. The highest BCUT2D eigenvalue weighted by Crippen LogP contribution is 2.31. The van der Waals surface area contributed by atoms with Gasteiger partial charge in [-0.25, -0.2) is 0 Å². The van der Waals surface area contributed by atoms with Crippen molar-refractivity contribution in [3.63, 3.8) is 0 Å². The number of benzene rings is 1. The van der Waals surface area contributed by atoms with E-state index >= 15 is 0 Å². The minimum atomic E-state index is -0.512. The van der Waals surface area contributed by atoms with Gasteiger partial charge >= 0.3 is 0 Å². The lowest BCUT2D eigenvalue weighted by atomic mass is 9.80. The topological polar surface area (TPSA) is 67.9 Å². The summed E-state index contributed by atoms with van der Waals surface area (Å²) < 4.78 is 10.5. The Bertz CT molecular complexity index is 632. The molecule has 1 atom stereocenters. The van der Waals surface area contributed by atoms with Crippen LogP contribution in [0.3, 0.4) is 0 Å². The normalized spacial score (nSPS) is 20.1. The third kappa shape index (κ3) is 4.44. The van der Waals surface area contributed by atoms with Crippen LogP contribution in [0.5, 0.6) is 11.5 Å². The molecule has 1 heterocycles. The van der Waals surface area contributed by atoms with E-state index in [0.717, 1.165) is 18.4 Å². The lowest BCUT2D eigenvalue weighted by Crippen LogP contribution is -2.52. The van der Waals surface area contributed by atoms with E-state index in [1.165, 1.54) is 0 Å². The molecular formula is C19H28N2O4. The van der Waals surface area contributed by atoms with E-state index in [1.807, 2.05) is 26.0 Å². The lowest BCUT2D eigenvalue weighted by molar-refractivity contribution is -0.140. The van der Waals surface area contributed by atoms with E-state index in [1.54, 1.807) is 25.2 Å². The monoisotopic (exact) mass is 348 g/mol. The molecule has 1 saturated heterocycles. The van der Waals surface area contributed by atoms with Crippen molar-refractivity contribution in [1.29, 1.82) is 0 Å². The van der Waals surface area contributed by atoms with Gasteiger partial charge in [-0.2, -0.15) is 0 Å². The van der Waals surface area contributed by atoms with Crippen LogP contribution in [0.1, 0.15) is 32.3 Å². The largest absolute Gasteiger partial charge is 0.493 e. The molecule has 1 N–H and O–H groups in total. The minimum Gasteiger partial charge on any atom is -0.493 e. The second-order valence-corrected chi connectivity index (χ2v) is 6.71. The summed E-state index contributed by atoms with van der Waals surface area (Å²) in [7, 11) is 3.16. The molecule has 1 aromatic rings. The zero-order chi connectivity index (χ0) is 18.4. The molecule has 0 spiro atoms. The molecule has 2 amide bonds. The summed E-state index contributed by atoms with van der Waals surface area (Å²) in [6.45, 7) is 5.61. The Morgan fingerprint density at radius 3 is 2.60 bits per heavy atom. The fourth-order valence-corrected chi connectivity index (χ4v) is 3.29. The van der Waals surface area contributed by atoms with Crippen molar-refractivity contribution >= 4 is 11.8 Å². The van der Waals surface area contributed by atoms with Crippen LogP contribution in [0.25, 0.3) is 0 Å². The maximum Gasteiger partial charge on any atom is 0.227 e. The van der Waals surface area contributed by atoms with Crippen molar-refractivity contribution in [2.45, 2.75) is 33.1 Å². The van der Waals surface area contributed by atoms with E-state index in [4.69, 9.17) is 9.47 Å². The average Bonchev–Trinajstić information content (AvgIpc) is 2.61. The molecule has 1 unspecified atom stereocenters. The number of carbonyl (C=O) groups is 2. The molecule has 1 aliphatic rings. The standard InChI is InChI=1S/C19H28N2O4/c1-5-20-18(23)19(2)9-6-10-21(13-19)17(22)12-14-7-8-15(24-3)16(11-14)25-4/h7-8,11H,5-6,9-10,12-13H2,1-4H3,(H,20,23). The Morgan fingerprint density at radius 1 is 1.24 bits per heavy atom. The third-order valence-electron chi connectivity index (χ3n) is 4.74. The number of hydrogen-bond donors (Lipinski definition) is 1. The number of hydrogen-bond acceptors (Lipinski definition) is 4. The van der Waals surface area contributed by atoms with Crippen molar-refractivity contribution in [2.24, 2.45) is 5.41 Å². The van der Waals surface area contributed by atoms with Gasteiger partial charge in [-0.1, -0.05) is 6.07 Å². The first-order valence-corrected chi connectivity index (χ1v) is 8.70. The van der Waals surface area contributed by atoms with Gasteiger partial charge in [-0.15, -0.1) is 0 Å². The van der Waals surface area contributed by atoms with Crippen LogP contribution in [0, 0.1) is 5.41 Å². The summed E-state index contributed by atoms with van der Waals surface area (Å²) in [4.78, 5) is 26.8. The van der Waals surface area contributed by atoms with Crippen LogP contribution in [0.4, 0.5) is 0 Å². The van der Waals surface area contributed by atoms with E-state index < -0.39 is 5.41 Å². The predicted octanol–water partition coefficient (Wildman–Crippen LogP) is 2.01. The number of nitrogens with one attached hydrogen (secondary N) is 1. The van der Waals surface area contributed by atoms with E-state index in [9.17, 15) is 9.59 Å². The van der Waals surface area contributed by atoms with Crippen molar-refractivity contribution in [2.75, 3.05) is 33.9 Å². The number of ether oxygens (including phenoxy) is 2. The molecule has 0 saturated carbocycles. The van der Waals surface area contributed by atoms with Gasteiger partial charge in [0.15, 0.2) is 11.5 Å². The Hall–Kier alpha value is -2.24. The number of methoxy groups -OCH3 is 2. The maximum absolute atomic E-state index is 12.7. The molecule has 1 fully saturated rings. The Labute approximate surface area is 149 Å². The fraction of sp³-hybridized carbons (Fsp3) is 0.579. The number of piperidine rings is 1. The first kappa shape index (κ1) is 19.1. The van der Waals surface area contributed by atoms with E-state index in [0.29, 0.717) is 31.1 Å². The second kappa shape index (κ2) is 8.23. The molecule has 6 nitrogen and oxygen atoms in total. The van der Waals surface area contributed by atoms with Crippen molar-refractivity contribution in [3.05, 3.63) is 23.8 Å². The molecule has 25 heavy (non-hydrogen) atoms. The predicted molar refractivity (Wildman–Crippen MR) is 95.9 cm³/mol. The highest BCUT2D eigenvalue weighted by atomic mass is 16.5. The van der Waals surface area contributed by atoms with Crippen LogP contribution in [0.15, 0.2) is 18.2 Å². The lowest BCUT2D eigenvalue weighted by Gasteiger charge is -2.39. The van der Waals surface area contributed by atoms with Gasteiger partial charge in [-0.3, -0.25) is 9.59 Å². The van der Waals surface area contributed by atoms with Crippen molar-refractivity contribution in [1.82, 2.24) is 10.2 Å². The molecule has 0 bridgehead atoms. The highest BCUT2D eigenvalue weighted by Gasteiger charge is 2.38. The van der Waals surface area contributed by atoms with Gasteiger partial charge in [0, 0.05) is 19.6 Å². The van der Waals surface area contributed by atoms with Crippen molar-refractivity contribution in [3.8, 4) is 11.5 Å². The zero-order valence-electron chi connectivity index (χ0n) is 15.6. The second-order valence-electron chi connectivity index (χ2n) is 6.71. The minimum absolute atomic E-state index is 0.0265. The number of carbonyl (C=O) groups excluding carboxylic acids is 2. The summed E-state index contributed by atoms with van der Waals surface area (Å²) in [5.74, 6) is 1.31. The van der Waals surface area contributed by atoms with Crippen LogP contribution < -0.4 is 14.8 Å². The number of amides is 2. The summed E-state index contributed by atoms with van der Waals surface area (Å²) >= 11 is 0. The summed E-state index contributed by atoms with van der Waals surface area (Å²) in [6, 6.07) is 5.49. The average molecular weight is 348 g/mol. The Kier molecular flexibility index (Phi) is 6.28. The summed E-state index contributed by atoms with van der Waals surface area (Å²) in [5.41, 5.74) is 0.356. The Balaban J connectivity index is 2.06. The van der Waals surface area contributed by atoms with Crippen LogP contribution in [0.2, 0.25) is 0 Å². The zero-order valence-corrected chi connectivity index (χ0v) is 15.6. The molecular weight excluding hydrogens is 320 g/mol. The third-order valence-corrected chi connectivity index (χ3v) is 4.74. The molecule has 0 aliphatic carbocycles. The summed E-state index contributed by atoms with van der Waals surface area (Å²) in [6.07, 6.45) is 1.93. The number of likely N-dealkylation sites (tertiary alicyclic amines) is 1. The number of rotatable bonds is 6. The molecule has 1 aliphatic heterocycles. The van der Waals surface area contributed by atoms with Crippen LogP contribution in [-0.2, 0) is 16.0 Å². The quantitative estimate of drug-likeness (QED) is 0.854. The van der Waals surface area contributed by atoms with Gasteiger partial charge in [0.25, 0.3) is 0 Å². The molecule has 138 valence electrons. The van der Waals surface area contributed by atoms with Gasteiger partial charge < -0.3 is 19.7 Å². The fourth-order valence-electron chi connectivity index (χ4n) is 3.29. The molecule has 6 heteroatoms. The smallest absolute Gasteiger partial charge is 0.227 e. The SMILES string of the molecule is CCNC(=O)C1(C)CCCN(C(=O)Cc2ccc(OC)c(OC)c2)C1. The van der Waals surface area contributed by atoms with Crippen LogP contribution >= 0.6 is 0 Å². The molecule has 0 radical (unpaired) electrons. The first-order chi connectivity index (χ1) is 11.9. The summed E-state index contributed by atoms with van der Waals surface area (Å²) in [5, 5.41) is 2.89. The Morgan fingerprint density at radius 2 is 1.96 bits per heavy atom. The van der Waals surface area contributed by atoms with Gasteiger partial charge in [0.05, 0.1) is 26.1 Å². The molecule has 0 aromatic heterocycles. The first-order valence-electron chi connectivity index (χ1n) is 8.70. The highest BCUT2D eigenvalue weighted by molar-refractivity contribution is 5.84. The van der Waals surface area contributed by atoms with Crippen LogP contribution in [-0.4, -0.2) is 50.6 Å². The van der Waals surface area contributed by atoms with Crippen molar-refractivity contribution < 1.29 is 19.1 Å². The van der Waals surface area contributed by atoms with Gasteiger partial charge in [0.2, 0.25) is 11.8 Å². The van der Waals surface area contributed by atoms with Gasteiger partial charge in [0.1, 0.15) is 0 Å². The van der Waals surface area contributed by atoms with Gasteiger partial charge in [-0.05, 0) is 44.4 Å². The maximum atomic E-state index is 12.7. The van der Waals surface area contributed by atoms with E-state index in [2.05, 4.69) is 5.32 Å². The van der Waals surface area contributed by atoms with E-state index in [-0.39, 0.29) is 18.2 Å². The number of nitrogens with zero attached hydrogens (tertiary/aromatic N) is 1. The molecule has 2 rings (SSSR count).